The van der Waals surface area contributed by atoms with E-state index in [0.29, 0.717) is 0 Å². The van der Waals surface area contributed by atoms with Crippen molar-refractivity contribution in [2.45, 2.75) is 26.7 Å². The first-order valence-corrected chi connectivity index (χ1v) is 10.7. The third-order valence-electron chi connectivity index (χ3n) is 6.03. The fourth-order valence-corrected chi connectivity index (χ4v) is 4.44. The molecule has 0 atom stereocenters. The second kappa shape index (κ2) is 6.64. The Hall–Kier alpha value is -3.72. The summed E-state index contributed by atoms with van der Waals surface area (Å²) in [6.45, 7) is 6.37. The molecule has 0 spiro atoms. The Bertz CT molecular complexity index is 1630. The number of rotatable bonds is 2. The number of fused-ring (bicyclic) bond motifs is 6. The fourth-order valence-electron chi connectivity index (χ4n) is 4.44. The summed E-state index contributed by atoms with van der Waals surface area (Å²) in [5.41, 5.74) is 5.92. The van der Waals surface area contributed by atoms with E-state index in [4.69, 9.17) is 14.4 Å². The molecule has 0 bridgehead atoms. The van der Waals surface area contributed by atoms with Crippen LogP contribution in [0.4, 0.5) is 0 Å². The van der Waals surface area contributed by atoms with E-state index in [-0.39, 0.29) is 5.92 Å². The van der Waals surface area contributed by atoms with Crippen LogP contribution in [0.15, 0.2) is 77.2 Å². The van der Waals surface area contributed by atoms with Crippen LogP contribution in [0.25, 0.3) is 54.9 Å². The summed E-state index contributed by atoms with van der Waals surface area (Å²) in [6, 6.07) is 25.4. The van der Waals surface area contributed by atoms with Crippen molar-refractivity contribution < 1.29 is 4.42 Å². The molecule has 0 amide bonds. The van der Waals surface area contributed by atoms with Gasteiger partial charge in [-0.05, 0) is 36.1 Å². The summed E-state index contributed by atoms with van der Waals surface area (Å²) in [7, 11) is 0. The molecular weight excluding hydrogens is 380 g/mol. The van der Waals surface area contributed by atoms with Crippen LogP contribution in [0.1, 0.15) is 31.2 Å². The van der Waals surface area contributed by atoms with Crippen molar-refractivity contribution >= 4 is 43.6 Å². The van der Waals surface area contributed by atoms with Gasteiger partial charge in [-0.2, -0.15) is 0 Å². The molecule has 0 radical (unpaired) electrons. The molecule has 31 heavy (non-hydrogen) atoms. The van der Waals surface area contributed by atoms with E-state index in [2.05, 4.69) is 93.6 Å². The number of aryl methyl sites for hydroxylation is 1. The van der Waals surface area contributed by atoms with E-state index < -0.39 is 0 Å². The van der Waals surface area contributed by atoms with E-state index in [1.54, 1.807) is 0 Å². The molecule has 3 nitrogen and oxygen atoms in total. The lowest BCUT2D eigenvalue weighted by Crippen LogP contribution is -2.01. The van der Waals surface area contributed by atoms with Crippen LogP contribution in [0.3, 0.4) is 0 Å². The molecule has 0 N–H and O–H groups in total. The summed E-state index contributed by atoms with van der Waals surface area (Å²) in [5.74, 6) is 1.07. The number of furan rings is 1. The van der Waals surface area contributed by atoms with Gasteiger partial charge < -0.3 is 4.42 Å². The standard InChI is InChI=1S/C28H22N2O/c1-16(2)28-29-25-19-8-5-4-7-18(19)12-14-22(25)26(30-28)23-10-6-9-21-20-13-11-17(3)15-24(20)31-27(21)23/h4-16H,1-3H3. The molecule has 0 saturated carbocycles. The number of aromatic nitrogens is 2. The molecule has 6 rings (SSSR count). The smallest absolute Gasteiger partial charge is 0.144 e. The van der Waals surface area contributed by atoms with Gasteiger partial charge in [0, 0.05) is 33.0 Å². The highest BCUT2D eigenvalue weighted by Gasteiger charge is 2.18. The zero-order valence-corrected chi connectivity index (χ0v) is 17.8. The molecule has 3 heteroatoms. The van der Waals surface area contributed by atoms with Crippen LogP contribution < -0.4 is 0 Å². The largest absolute Gasteiger partial charge is 0.455 e. The summed E-state index contributed by atoms with van der Waals surface area (Å²) in [5, 5.41) is 5.64. The van der Waals surface area contributed by atoms with Crippen molar-refractivity contribution in [3.8, 4) is 11.3 Å². The van der Waals surface area contributed by atoms with Gasteiger partial charge in [-0.1, -0.05) is 68.4 Å². The zero-order chi connectivity index (χ0) is 21.1. The van der Waals surface area contributed by atoms with Gasteiger partial charge in [0.2, 0.25) is 0 Å². The maximum Gasteiger partial charge on any atom is 0.144 e. The normalized spacial score (nSPS) is 12.0. The first-order chi connectivity index (χ1) is 15.1. The maximum absolute atomic E-state index is 6.40. The fraction of sp³-hybridized carbons (Fsp3) is 0.143. The maximum atomic E-state index is 6.40. The van der Waals surface area contributed by atoms with E-state index in [0.717, 1.165) is 55.3 Å². The van der Waals surface area contributed by atoms with Crippen molar-refractivity contribution in [2.75, 3.05) is 0 Å². The van der Waals surface area contributed by atoms with Crippen LogP contribution in [0.5, 0.6) is 0 Å². The van der Waals surface area contributed by atoms with Gasteiger partial charge >= 0.3 is 0 Å². The highest BCUT2D eigenvalue weighted by molar-refractivity contribution is 6.14. The first-order valence-electron chi connectivity index (χ1n) is 10.7. The number of hydrogen-bond acceptors (Lipinski definition) is 3. The Balaban J connectivity index is 1.76. The molecular formula is C28H22N2O. The first kappa shape index (κ1) is 18.1. The topological polar surface area (TPSA) is 38.9 Å². The van der Waals surface area contributed by atoms with Crippen molar-refractivity contribution in [2.24, 2.45) is 0 Å². The number of benzene rings is 4. The third-order valence-corrected chi connectivity index (χ3v) is 6.03. The summed E-state index contributed by atoms with van der Waals surface area (Å²) in [4.78, 5) is 10.0. The van der Waals surface area contributed by atoms with Crippen molar-refractivity contribution in [1.82, 2.24) is 9.97 Å². The molecule has 0 aliphatic heterocycles. The van der Waals surface area contributed by atoms with Crippen molar-refractivity contribution in [3.63, 3.8) is 0 Å². The minimum Gasteiger partial charge on any atom is -0.455 e. The third kappa shape index (κ3) is 2.73. The summed E-state index contributed by atoms with van der Waals surface area (Å²) in [6.07, 6.45) is 0. The highest BCUT2D eigenvalue weighted by Crippen LogP contribution is 2.39. The highest BCUT2D eigenvalue weighted by atomic mass is 16.3. The van der Waals surface area contributed by atoms with Gasteiger partial charge in [-0.25, -0.2) is 9.97 Å². The second-order valence-electron chi connectivity index (χ2n) is 8.55. The van der Waals surface area contributed by atoms with Gasteiger partial charge in [0.1, 0.15) is 17.0 Å². The Morgan fingerprint density at radius 1 is 0.742 bits per heavy atom. The molecule has 2 heterocycles. The van der Waals surface area contributed by atoms with E-state index >= 15 is 0 Å². The Morgan fingerprint density at radius 3 is 2.42 bits per heavy atom. The summed E-state index contributed by atoms with van der Waals surface area (Å²) >= 11 is 0. The van der Waals surface area contributed by atoms with E-state index in [1.165, 1.54) is 10.9 Å². The van der Waals surface area contributed by atoms with Gasteiger partial charge in [-0.15, -0.1) is 0 Å². The molecule has 0 saturated heterocycles. The molecule has 2 aromatic heterocycles. The predicted molar refractivity (Wildman–Crippen MR) is 129 cm³/mol. The number of para-hydroxylation sites is 1. The molecule has 150 valence electrons. The average Bonchev–Trinajstić information content (AvgIpc) is 3.15. The molecule has 0 fully saturated rings. The van der Waals surface area contributed by atoms with Crippen molar-refractivity contribution in [3.05, 3.63) is 84.2 Å². The second-order valence-corrected chi connectivity index (χ2v) is 8.55. The van der Waals surface area contributed by atoms with Crippen LogP contribution >= 0.6 is 0 Å². The lowest BCUT2D eigenvalue weighted by molar-refractivity contribution is 0.669. The van der Waals surface area contributed by atoms with E-state index in [9.17, 15) is 0 Å². The molecule has 4 aromatic carbocycles. The molecule has 0 aliphatic rings. The van der Waals surface area contributed by atoms with Gasteiger partial charge in [0.25, 0.3) is 0 Å². The SMILES string of the molecule is Cc1ccc2c(c1)oc1c(-c3nc(C(C)C)nc4c3ccc3ccccc34)cccc12. The predicted octanol–water partition coefficient (Wildman–Crippen LogP) is 7.78. The number of hydrogen-bond donors (Lipinski definition) is 0. The van der Waals surface area contributed by atoms with Gasteiger partial charge in [0.05, 0.1) is 11.2 Å². The zero-order valence-electron chi connectivity index (χ0n) is 17.8. The lowest BCUT2D eigenvalue weighted by Gasteiger charge is -2.13. The molecule has 0 unspecified atom stereocenters. The van der Waals surface area contributed by atoms with E-state index in [1.807, 2.05) is 0 Å². The number of nitrogens with zero attached hydrogens (tertiary/aromatic N) is 2. The molecule has 0 aliphatic carbocycles. The minimum absolute atomic E-state index is 0.222. The Kier molecular flexibility index (Phi) is 3.87. The van der Waals surface area contributed by atoms with Crippen LogP contribution in [0.2, 0.25) is 0 Å². The minimum atomic E-state index is 0.222. The van der Waals surface area contributed by atoms with Crippen LogP contribution in [-0.2, 0) is 0 Å². The Morgan fingerprint density at radius 2 is 1.55 bits per heavy atom. The Labute approximate surface area is 180 Å². The molecule has 6 aromatic rings. The van der Waals surface area contributed by atoms with Gasteiger partial charge in [0.15, 0.2) is 0 Å². The lowest BCUT2D eigenvalue weighted by atomic mass is 9.99. The monoisotopic (exact) mass is 402 g/mol. The summed E-state index contributed by atoms with van der Waals surface area (Å²) < 4.78 is 6.40. The van der Waals surface area contributed by atoms with Crippen molar-refractivity contribution in [1.29, 1.82) is 0 Å². The van der Waals surface area contributed by atoms with Gasteiger partial charge in [-0.3, -0.25) is 0 Å². The van der Waals surface area contributed by atoms with Crippen LogP contribution in [0, 0.1) is 6.92 Å². The van der Waals surface area contributed by atoms with Crippen LogP contribution in [-0.4, -0.2) is 9.97 Å². The quantitative estimate of drug-likeness (QED) is 0.278. The average molecular weight is 402 g/mol.